The SMILES string of the molecule is O=C([C@H]1CCCN1)N1CCN(Cc2ccco2)CC1. The first-order valence-electron chi connectivity index (χ1n) is 7.10. The van der Waals surface area contributed by atoms with Crippen molar-refractivity contribution in [1.29, 1.82) is 0 Å². The molecule has 1 aromatic heterocycles. The number of hydrogen-bond donors (Lipinski definition) is 1. The molecule has 0 spiro atoms. The Morgan fingerprint density at radius 1 is 1.37 bits per heavy atom. The number of rotatable bonds is 3. The van der Waals surface area contributed by atoms with Crippen molar-refractivity contribution in [2.75, 3.05) is 32.7 Å². The molecular formula is C14H21N3O2. The molecule has 2 aliphatic heterocycles. The van der Waals surface area contributed by atoms with E-state index >= 15 is 0 Å². The van der Waals surface area contributed by atoms with Crippen molar-refractivity contribution in [3.63, 3.8) is 0 Å². The second-order valence-electron chi connectivity index (χ2n) is 5.33. The standard InChI is InChI=1S/C14H21N3O2/c18-14(13-4-1-5-15-13)17-8-6-16(7-9-17)11-12-3-2-10-19-12/h2-3,10,13,15H,1,4-9,11H2/t13-/m1/s1. The summed E-state index contributed by atoms with van der Waals surface area (Å²) in [6.45, 7) is 5.35. The van der Waals surface area contributed by atoms with Crippen molar-refractivity contribution in [2.24, 2.45) is 0 Å². The zero-order chi connectivity index (χ0) is 13.1. The van der Waals surface area contributed by atoms with Gasteiger partial charge in [0, 0.05) is 26.2 Å². The number of carbonyl (C=O) groups excluding carboxylic acids is 1. The van der Waals surface area contributed by atoms with E-state index in [9.17, 15) is 4.79 Å². The highest BCUT2D eigenvalue weighted by atomic mass is 16.3. The summed E-state index contributed by atoms with van der Waals surface area (Å²) in [6, 6.07) is 3.98. The Balaban J connectivity index is 1.47. The van der Waals surface area contributed by atoms with E-state index in [1.807, 2.05) is 17.0 Å². The fourth-order valence-corrected chi connectivity index (χ4v) is 2.87. The smallest absolute Gasteiger partial charge is 0.239 e. The summed E-state index contributed by atoms with van der Waals surface area (Å²) in [5.41, 5.74) is 0. The van der Waals surface area contributed by atoms with E-state index in [0.29, 0.717) is 0 Å². The topological polar surface area (TPSA) is 48.7 Å². The summed E-state index contributed by atoms with van der Waals surface area (Å²) in [6.07, 6.45) is 3.82. The average molecular weight is 263 g/mol. The van der Waals surface area contributed by atoms with Gasteiger partial charge in [-0.1, -0.05) is 0 Å². The monoisotopic (exact) mass is 263 g/mol. The van der Waals surface area contributed by atoms with E-state index < -0.39 is 0 Å². The highest BCUT2D eigenvalue weighted by molar-refractivity contribution is 5.82. The molecule has 0 radical (unpaired) electrons. The van der Waals surface area contributed by atoms with Gasteiger partial charge < -0.3 is 14.6 Å². The number of nitrogens with zero attached hydrogens (tertiary/aromatic N) is 2. The van der Waals surface area contributed by atoms with Crippen LogP contribution in [0.15, 0.2) is 22.8 Å². The first-order chi connectivity index (χ1) is 9.33. The molecule has 2 fully saturated rings. The molecule has 19 heavy (non-hydrogen) atoms. The Labute approximate surface area is 113 Å². The van der Waals surface area contributed by atoms with Gasteiger partial charge in [0.2, 0.25) is 5.91 Å². The molecule has 0 aromatic carbocycles. The lowest BCUT2D eigenvalue weighted by Gasteiger charge is -2.35. The molecule has 104 valence electrons. The predicted molar refractivity (Wildman–Crippen MR) is 71.6 cm³/mol. The maximum absolute atomic E-state index is 12.3. The van der Waals surface area contributed by atoms with Crippen LogP contribution >= 0.6 is 0 Å². The number of furan rings is 1. The Bertz CT molecular complexity index is 404. The Hall–Kier alpha value is -1.33. The molecule has 5 heteroatoms. The molecule has 0 bridgehead atoms. The number of hydrogen-bond acceptors (Lipinski definition) is 4. The Kier molecular flexibility index (Phi) is 3.84. The van der Waals surface area contributed by atoms with Crippen LogP contribution in [0.25, 0.3) is 0 Å². The maximum Gasteiger partial charge on any atom is 0.239 e. The zero-order valence-electron chi connectivity index (χ0n) is 11.2. The molecule has 0 aliphatic carbocycles. The Morgan fingerprint density at radius 3 is 2.84 bits per heavy atom. The molecule has 2 saturated heterocycles. The first-order valence-corrected chi connectivity index (χ1v) is 7.10. The summed E-state index contributed by atoms with van der Waals surface area (Å²) in [4.78, 5) is 16.6. The molecule has 5 nitrogen and oxygen atoms in total. The van der Waals surface area contributed by atoms with E-state index in [2.05, 4.69) is 10.2 Å². The highest BCUT2D eigenvalue weighted by Crippen LogP contribution is 2.13. The van der Waals surface area contributed by atoms with Gasteiger partial charge in [0.05, 0.1) is 18.8 Å². The van der Waals surface area contributed by atoms with Gasteiger partial charge in [0.15, 0.2) is 0 Å². The number of nitrogens with one attached hydrogen (secondary N) is 1. The second-order valence-corrected chi connectivity index (χ2v) is 5.33. The van der Waals surface area contributed by atoms with Gasteiger partial charge in [-0.15, -0.1) is 0 Å². The minimum Gasteiger partial charge on any atom is -0.468 e. The van der Waals surface area contributed by atoms with Crippen molar-refractivity contribution < 1.29 is 9.21 Å². The fourth-order valence-electron chi connectivity index (χ4n) is 2.87. The Morgan fingerprint density at radius 2 is 2.21 bits per heavy atom. The van der Waals surface area contributed by atoms with Crippen LogP contribution < -0.4 is 5.32 Å². The van der Waals surface area contributed by atoms with Crippen LogP contribution in [-0.4, -0.2) is 54.5 Å². The largest absolute Gasteiger partial charge is 0.468 e. The zero-order valence-corrected chi connectivity index (χ0v) is 11.2. The van der Waals surface area contributed by atoms with Crippen LogP contribution in [-0.2, 0) is 11.3 Å². The fraction of sp³-hybridized carbons (Fsp3) is 0.643. The van der Waals surface area contributed by atoms with E-state index in [1.165, 1.54) is 0 Å². The van der Waals surface area contributed by atoms with Crippen LogP contribution in [0.1, 0.15) is 18.6 Å². The van der Waals surface area contributed by atoms with E-state index in [4.69, 9.17) is 4.42 Å². The van der Waals surface area contributed by atoms with Gasteiger partial charge in [-0.05, 0) is 31.5 Å². The molecule has 3 heterocycles. The predicted octanol–water partition coefficient (Wildman–Crippen LogP) is 0.676. The molecule has 0 unspecified atom stereocenters. The lowest BCUT2D eigenvalue weighted by molar-refractivity contribution is -0.134. The minimum atomic E-state index is 0.0663. The maximum atomic E-state index is 12.3. The quantitative estimate of drug-likeness (QED) is 0.871. The number of amides is 1. The van der Waals surface area contributed by atoms with Crippen molar-refractivity contribution >= 4 is 5.91 Å². The van der Waals surface area contributed by atoms with E-state index in [-0.39, 0.29) is 11.9 Å². The first kappa shape index (κ1) is 12.7. The van der Waals surface area contributed by atoms with Crippen LogP contribution in [0, 0.1) is 0 Å². The lowest BCUT2D eigenvalue weighted by atomic mass is 10.2. The minimum absolute atomic E-state index is 0.0663. The highest BCUT2D eigenvalue weighted by Gasteiger charge is 2.29. The molecule has 1 atom stereocenters. The van der Waals surface area contributed by atoms with Crippen LogP contribution in [0.2, 0.25) is 0 Å². The summed E-state index contributed by atoms with van der Waals surface area (Å²) in [5, 5.41) is 3.28. The summed E-state index contributed by atoms with van der Waals surface area (Å²) in [7, 11) is 0. The molecule has 1 aromatic rings. The van der Waals surface area contributed by atoms with Gasteiger partial charge >= 0.3 is 0 Å². The molecule has 1 N–H and O–H groups in total. The average Bonchev–Trinajstić information content (AvgIpc) is 3.12. The van der Waals surface area contributed by atoms with E-state index in [0.717, 1.165) is 57.9 Å². The molecule has 2 aliphatic rings. The molecule has 1 amide bonds. The van der Waals surface area contributed by atoms with Crippen LogP contribution in [0.5, 0.6) is 0 Å². The van der Waals surface area contributed by atoms with E-state index in [1.54, 1.807) is 6.26 Å². The van der Waals surface area contributed by atoms with Crippen LogP contribution in [0.3, 0.4) is 0 Å². The molecule has 3 rings (SSSR count). The number of carbonyl (C=O) groups is 1. The normalized spacial score (nSPS) is 24.8. The van der Waals surface area contributed by atoms with Gasteiger partial charge in [-0.3, -0.25) is 9.69 Å². The van der Waals surface area contributed by atoms with Gasteiger partial charge in [-0.2, -0.15) is 0 Å². The van der Waals surface area contributed by atoms with Crippen molar-refractivity contribution in [2.45, 2.75) is 25.4 Å². The number of piperazine rings is 1. The second kappa shape index (κ2) is 5.75. The molecule has 0 saturated carbocycles. The summed E-state index contributed by atoms with van der Waals surface area (Å²) >= 11 is 0. The summed E-state index contributed by atoms with van der Waals surface area (Å²) < 4.78 is 5.36. The van der Waals surface area contributed by atoms with Gasteiger partial charge in [0.25, 0.3) is 0 Å². The van der Waals surface area contributed by atoms with Crippen molar-refractivity contribution in [3.05, 3.63) is 24.2 Å². The lowest BCUT2D eigenvalue weighted by Crippen LogP contribution is -2.52. The molecular weight excluding hydrogens is 242 g/mol. The third-order valence-electron chi connectivity index (χ3n) is 4.00. The van der Waals surface area contributed by atoms with Gasteiger partial charge in [-0.25, -0.2) is 0 Å². The third kappa shape index (κ3) is 2.98. The third-order valence-corrected chi connectivity index (χ3v) is 4.00. The van der Waals surface area contributed by atoms with Crippen molar-refractivity contribution in [3.8, 4) is 0 Å². The summed E-state index contributed by atoms with van der Waals surface area (Å²) in [5.74, 6) is 1.28. The van der Waals surface area contributed by atoms with Crippen molar-refractivity contribution in [1.82, 2.24) is 15.1 Å². The van der Waals surface area contributed by atoms with Gasteiger partial charge in [0.1, 0.15) is 5.76 Å². The van der Waals surface area contributed by atoms with Crippen LogP contribution in [0.4, 0.5) is 0 Å².